The van der Waals surface area contributed by atoms with Crippen molar-refractivity contribution in [2.75, 3.05) is 45.9 Å². The van der Waals surface area contributed by atoms with Crippen LogP contribution in [0.1, 0.15) is 32.6 Å². The number of likely N-dealkylation sites (tertiary alicyclic amines) is 1. The molecule has 0 spiro atoms. The van der Waals surface area contributed by atoms with Gasteiger partial charge in [-0.3, -0.25) is 0 Å². The maximum absolute atomic E-state index is 13.0. The minimum absolute atomic E-state index is 0.301. The summed E-state index contributed by atoms with van der Waals surface area (Å²) in [5.74, 6) is 2.59. The zero-order valence-electron chi connectivity index (χ0n) is 16.1. The van der Waals surface area contributed by atoms with Crippen LogP contribution in [0.25, 0.3) is 0 Å². The number of hydrogen-bond acceptors (Lipinski definition) is 5. The summed E-state index contributed by atoms with van der Waals surface area (Å²) in [6.07, 6.45) is 4.46. The molecule has 0 unspecified atom stereocenters. The van der Waals surface area contributed by atoms with Crippen molar-refractivity contribution >= 4 is 10.0 Å². The van der Waals surface area contributed by atoms with Crippen molar-refractivity contribution < 1.29 is 17.9 Å². The summed E-state index contributed by atoms with van der Waals surface area (Å²) in [5.41, 5.74) is 0. The lowest BCUT2D eigenvalue weighted by Gasteiger charge is -2.36. The van der Waals surface area contributed by atoms with Crippen LogP contribution in [0.4, 0.5) is 0 Å². The second-order valence-corrected chi connectivity index (χ2v) is 10.1. The summed E-state index contributed by atoms with van der Waals surface area (Å²) in [6, 6.07) is 4.93. The van der Waals surface area contributed by atoms with Crippen LogP contribution < -0.4 is 9.47 Å². The molecule has 0 N–H and O–H groups in total. The number of fused-ring (bicyclic) bond motifs is 1. The van der Waals surface area contributed by atoms with E-state index in [9.17, 15) is 8.42 Å². The molecule has 0 atom stereocenters. The van der Waals surface area contributed by atoms with Gasteiger partial charge in [0, 0.05) is 25.7 Å². The molecule has 0 bridgehead atoms. The van der Waals surface area contributed by atoms with Gasteiger partial charge in [-0.2, -0.15) is 4.31 Å². The molecule has 0 amide bonds. The molecule has 0 aromatic heterocycles. The van der Waals surface area contributed by atoms with Gasteiger partial charge in [-0.05, 0) is 62.7 Å². The van der Waals surface area contributed by atoms with Gasteiger partial charge < -0.3 is 14.4 Å². The van der Waals surface area contributed by atoms with E-state index in [-0.39, 0.29) is 0 Å². The van der Waals surface area contributed by atoms with Gasteiger partial charge in [0.15, 0.2) is 11.5 Å². The number of rotatable bonds is 4. The number of ether oxygens (including phenoxy) is 2. The molecule has 2 saturated heterocycles. The highest BCUT2D eigenvalue weighted by Crippen LogP contribution is 2.34. The maximum Gasteiger partial charge on any atom is 0.243 e. The first-order valence-corrected chi connectivity index (χ1v) is 11.6. The van der Waals surface area contributed by atoms with E-state index in [1.54, 1.807) is 22.5 Å². The molecule has 0 aliphatic carbocycles. The maximum atomic E-state index is 13.0. The van der Waals surface area contributed by atoms with Crippen molar-refractivity contribution in [1.82, 2.24) is 9.21 Å². The summed E-state index contributed by atoms with van der Waals surface area (Å²) in [4.78, 5) is 2.87. The van der Waals surface area contributed by atoms with Gasteiger partial charge >= 0.3 is 0 Å². The molecule has 1 aromatic rings. The van der Waals surface area contributed by atoms with Crippen LogP contribution in [-0.4, -0.2) is 63.6 Å². The zero-order chi connectivity index (χ0) is 18.9. The Bertz CT molecular complexity index is 751. The van der Waals surface area contributed by atoms with E-state index in [1.807, 2.05) is 0 Å². The monoisotopic (exact) mass is 394 g/mol. The van der Waals surface area contributed by atoms with Crippen LogP contribution in [0.15, 0.2) is 23.1 Å². The van der Waals surface area contributed by atoms with Gasteiger partial charge in [0.05, 0.1) is 4.90 Å². The molecule has 3 aliphatic heterocycles. The van der Waals surface area contributed by atoms with E-state index < -0.39 is 10.0 Å². The fourth-order valence-corrected chi connectivity index (χ4v) is 5.76. The third kappa shape index (κ3) is 4.25. The molecule has 2 fully saturated rings. The van der Waals surface area contributed by atoms with Gasteiger partial charge in [-0.1, -0.05) is 6.92 Å². The molecule has 150 valence electrons. The molecule has 27 heavy (non-hydrogen) atoms. The van der Waals surface area contributed by atoms with Gasteiger partial charge in [0.2, 0.25) is 10.0 Å². The highest BCUT2D eigenvalue weighted by molar-refractivity contribution is 7.89. The second-order valence-electron chi connectivity index (χ2n) is 8.14. The van der Waals surface area contributed by atoms with Crippen LogP contribution in [0.5, 0.6) is 11.5 Å². The summed E-state index contributed by atoms with van der Waals surface area (Å²) in [5, 5.41) is 0. The van der Waals surface area contributed by atoms with E-state index in [1.165, 1.54) is 25.9 Å². The fourth-order valence-electron chi connectivity index (χ4n) is 4.28. The third-order valence-electron chi connectivity index (χ3n) is 6.12. The van der Waals surface area contributed by atoms with E-state index in [4.69, 9.17) is 9.47 Å². The minimum atomic E-state index is -3.48. The zero-order valence-corrected chi connectivity index (χ0v) is 16.9. The highest BCUT2D eigenvalue weighted by atomic mass is 32.2. The van der Waals surface area contributed by atoms with Crippen LogP contribution in [0.3, 0.4) is 0 Å². The summed E-state index contributed by atoms with van der Waals surface area (Å²) < 4.78 is 38.7. The van der Waals surface area contributed by atoms with Crippen LogP contribution in [-0.2, 0) is 10.0 Å². The van der Waals surface area contributed by atoms with E-state index >= 15 is 0 Å². The lowest BCUT2D eigenvalue weighted by molar-refractivity contribution is 0.142. The molecule has 3 aliphatic rings. The highest BCUT2D eigenvalue weighted by Gasteiger charge is 2.31. The van der Waals surface area contributed by atoms with Crippen molar-refractivity contribution in [2.45, 2.75) is 37.5 Å². The van der Waals surface area contributed by atoms with Crippen molar-refractivity contribution in [1.29, 1.82) is 0 Å². The molecule has 0 saturated carbocycles. The number of sulfonamides is 1. The average molecular weight is 395 g/mol. The van der Waals surface area contributed by atoms with Gasteiger partial charge in [-0.25, -0.2) is 8.42 Å². The predicted molar refractivity (Wildman–Crippen MR) is 104 cm³/mol. The lowest BCUT2D eigenvalue weighted by Crippen LogP contribution is -2.43. The van der Waals surface area contributed by atoms with Crippen LogP contribution in [0.2, 0.25) is 0 Å². The number of nitrogens with zero attached hydrogens (tertiary/aromatic N) is 2. The first-order chi connectivity index (χ1) is 13.0. The average Bonchev–Trinajstić information content (AvgIpc) is 2.70. The Kier molecular flexibility index (Phi) is 5.62. The normalized spacial score (nSPS) is 23.4. The summed E-state index contributed by atoms with van der Waals surface area (Å²) in [7, 11) is -3.48. The molecule has 6 nitrogen and oxygen atoms in total. The Hall–Kier alpha value is -1.31. The first kappa shape index (κ1) is 19.0. The Labute approximate surface area is 162 Å². The Morgan fingerprint density at radius 3 is 2.33 bits per heavy atom. The van der Waals surface area contributed by atoms with E-state index in [0.29, 0.717) is 48.6 Å². The first-order valence-electron chi connectivity index (χ1n) is 10.1. The smallest absolute Gasteiger partial charge is 0.243 e. The standard InChI is InChI=1S/C20H30N2O4S/c1-16-4-8-21(9-5-16)15-17-6-10-22(11-7-17)27(23,24)18-2-3-19-20(14-18)26-13-12-25-19/h2-3,14,16-17H,4-13,15H2,1H3. The minimum Gasteiger partial charge on any atom is -0.486 e. The lowest BCUT2D eigenvalue weighted by atomic mass is 9.94. The molecular formula is C20H30N2O4S. The van der Waals surface area contributed by atoms with E-state index in [0.717, 1.165) is 25.3 Å². The van der Waals surface area contributed by atoms with Crippen molar-refractivity contribution in [3.05, 3.63) is 18.2 Å². The topological polar surface area (TPSA) is 59.1 Å². The Balaban J connectivity index is 1.36. The Morgan fingerprint density at radius 1 is 0.963 bits per heavy atom. The molecular weight excluding hydrogens is 364 g/mol. The molecule has 7 heteroatoms. The van der Waals surface area contributed by atoms with Crippen LogP contribution >= 0.6 is 0 Å². The molecule has 0 radical (unpaired) electrons. The molecule has 3 heterocycles. The molecule has 1 aromatic carbocycles. The number of piperidine rings is 2. The van der Waals surface area contributed by atoms with Gasteiger partial charge in [0.25, 0.3) is 0 Å². The van der Waals surface area contributed by atoms with Crippen molar-refractivity contribution in [2.24, 2.45) is 11.8 Å². The number of benzene rings is 1. The van der Waals surface area contributed by atoms with Crippen LogP contribution in [0, 0.1) is 11.8 Å². The predicted octanol–water partition coefficient (Wildman–Crippen LogP) is 2.59. The van der Waals surface area contributed by atoms with Gasteiger partial charge in [-0.15, -0.1) is 0 Å². The second kappa shape index (κ2) is 7.97. The third-order valence-corrected chi connectivity index (χ3v) is 8.01. The van der Waals surface area contributed by atoms with Crippen molar-refractivity contribution in [3.8, 4) is 11.5 Å². The van der Waals surface area contributed by atoms with Gasteiger partial charge in [0.1, 0.15) is 13.2 Å². The molecule has 4 rings (SSSR count). The largest absolute Gasteiger partial charge is 0.486 e. The SMILES string of the molecule is CC1CCN(CC2CCN(S(=O)(=O)c3ccc4c(c3)OCCO4)CC2)CC1. The van der Waals surface area contributed by atoms with Crippen molar-refractivity contribution in [3.63, 3.8) is 0 Å². The summed E-state index contributed by atoms with van der Waals surface area (Å²) >= 11 is 0. The van der Waals surface area contributed by atoms with E-state index in [2.05, 4.69) is 11.8 Å². The number of hydrogen-bond donors (Lipinski definition) is 0. The fraction of sp³-hybridized carbons (Fsp3) is 0.700. The quantitative estimate of drug-likeness (QED) is 0.786. The summed E-state index contributed by atoms with van der Waals surface area (Å²) in [6.45, 7) is 7.99. The Morgan fingerprint density at radius 2 is 1.63 bits per heavy atom.